The van der Waals surface area contributed by atoms with Crippen LogP contribution in [-0.2, 0) is 25.9 Å². The summed E-state index contributed by atoms with van der Waals surface area (Å²) in [5.41, 5.74) is 5.13. The van der Waals surface area contributed by atoms with Gasteiger partial charge in [-0.05, 0) is 54.3 Å². The van der Waals surface area contributed by atoms with E-state index in [0.717, 1.165) is 56.1 Å². The van der Waals surface area contributed by atoms with Crippen molar-refractivity contribution >= 4 is 0 Å². The van der Waals surface area contributed by atoms with Crippen molar-refractivity contribution in [3.63, 3.8) is 0 Å². The number of para-hydroxylation sites is 1. The quantitative estimate of drug-likeness (QED) is 0.439. The summed E-state index contributed by atoms with van der Waals surface area (Å²) in [5.74, 6) is 1.72. The van der Waals surface area contributed by atoms with E-state index >= 15 is 0 Å². The molecule has 0 spiro atoms. The van der Waals surface area contributed by atoms with Crippen molar-refractivity contribution in [3.8, 4) is 11.5 Å². The molecule has 33 heavy (non-hydrogen) atoms. The summed E-state index contributed by atoms with van der Waals surface area (Å²) < 4.78 is 11.3. The summed E-state index contributed by atoms with van der Waals surface area (Å²) in [7, 11) is 1.69. The molecule has 5 heteroatoms. The van der Waals surface area contributed by atoms with Crippen molar-refractivity contribution in [2.24, 2.45) is 0 Å². The van der Waals surface area contributed by atoms with Crippen LogP contribution < -0.4 is 14.8 Å². The van der Waals surface area contributed by atoms with Crippen LogP contribution in [0.1, 0.15) is 22.3 Å². The second kappa shape index (κ2) is 11.8. The molecule has 1 aliphatic rings. The van der Waals surface area contributed by atoms with Gasteiger partial charge in [-0.2, -0.15) is 0 Å². The van der Waals surface area contributed by atoms with Crippen LogP contribution >= 0.6 is 0 Å². The molecule has 0 saturated carbocycles. The molecule has 1 aliphatic heterocycles. The van der Waals surface area contributed by atoms with E-state index in [1.165, 1.54) is 16.7 Å². The molecule has 3 aromatic carbocycles. The molecule has 3 aromatic rings. The standard InChI is InChI=1S/C28H34N2O3/c1-32-27-11-6-7-22(17-27)13-15-29-18-24-9-4-5-12-28(24)33-21-26(31)20-30-16-14-23-8-2-3-10-25(23)19-30/h2-12,17,26,29,31H,13-16,18-21H2,1H3/t26-/m0/s1. The first-order valence-electron chi connectivity index (χ1n) is 11.7. The largest absolute Gasteiger partial charge is 0.497 e. The number of ether oxygens (including phenoxy) is 2. The predicted octanol–water partition coefficient (Wildman–Crippen LogP) is 3.83. The fraction of sp³-hybridized carbons (Fsp3) is 0.357. The lowest BCUT2D eigenvalue weighted by atomic mass is 10.00. The van der Waals surface area contributed by atoms with Crippen molar-refractivity contribution in [1.29, 1.82) is 0 Å². The Labute approximate surface area is 197 Å². The Bertz CT molecular complexity index is 1020. The van der Waals surface area contributed by atoms with E-state index in [0.29, 0.717) is 13.2 Å². The van der Waals surface area contributed by atoms with E-state index in [9.17, 15) is 5.11 Å². The van der Waals surface area contributed by atoms with Gasteiger partial charge in [0.05, 0.1) is 7.11 Å². The van der Waals surface area contributed by atoms with Crippen LogP contribution in [0.2, 0.25) is 0 Å². The van der Waals surface area contributed by atoms with Crippen molar-refractivity contribution in [2.45, 2.75) is 32.0 Å². The third-order valence-electron chi connectivity index (χ3n) is 6.12. The number of benzene rings is 3. The van der Waals surface area contributed by atoms with E-state index in [-0.39, 0.29) is 0 Å². The summed E-state index contributed by atoms with van der Waals surface area (Å²) in [5, 5.41) is 14.1. The summed E-state index contributed by atoms with van der Waals surface area (Å²) in [6.07, 6.45) is 1.44. The van der Waals surface area contributed by atoms with Crippen molar-refractivity contribution < 1.29 is 14.6 Å². The molecule has 0 fully saturated rings. The number of fused-ring (bicyclic) bond motifs is 1. The topological polar surface area (TPSA) is 54.0 Å². The molecule has 0 unspecified atom stereocenters. The Morgan fingerprint density at radius 3 is 2.70 bits per heavy atom. The number of hydrogen-bond acceptors (Lipinski definition) is 5. The maximum atomic E-state index is 10.6. The minimum absolute atomic E-state index is 0.291. The highest BCUT2D eigenvalue weighted by Gasteiger charge is 2.19. The smallest absolute Gasteiger partial charge is 0.123 e. The lowest BCUT2D eigenvalue weighted by Crippen LogP contribution is -2.38. The SMILES string of the molecule is COc1cccc(CCNCc2ccccc2OC[C@@H](O)CN2CCc3ccccc3C2)c1. The van der Waals surface area contributed by atoms with Crippen molar-refractivity contribution in [1.82, 2.24) is 10.2 Å². The molecule has 0 bridgehead atoms. The molecule has 2 N–H and O–H groups in total. The van der Waals surface area contributed by atoms with Crippen LogP contribution in [-0.4, -0.2) is 49.5 Å². The summed E-state index contributed by atoms with van der Waals surface area (Å²) in [4.78, 5) is 2.31. The van der Waals surface area contributed by atoms with E-state index in [1.54, 1.807) is 7.11 Å². The third-order valence-corrected chi connectivity index (χ3v) is 6.12. The molecular formula is C28H34N2O3. The van der Waals surface area contributed by atoms with Gasteiger partial charge in [0.2, 0.25) is 0 Å². The fourth-order valence-electron chi connectivity index (χ4n) is 4.32. The Balaban J connectivity index is 1.22. The van der Waals surface area contributed by atoms with Crippen LogP contribution in [0.25, 0.3) is 0 Å². The molecule has 0 aromatic heterocycles. The van der Waals surface area contributed by atoms with Crippen LogP contribution in [0.3, 0.4) is 0 Å². The number of rotatable bonds is 11. The van der Waals surface area contributed by atoms with Gasteiger partial charge in [-0.25, -0.2) is 0 Å². The first-order valence-corrected chi connectivity index (χ1v) is 11.7. The molecular weight excluding hydrogens is 412 g/mol. The first-order chi connectivity index (χ1) is 16.2. The lowest BCUT2D eigenvalue weighted by molar-refractivity contribution is 0.0634. The molecule has 5 nitrogen and oxygen atoms in total. The Morgan fingerprint density at radius 2 is 1.82 bits per heavy atom. The monoisotopic (exact) mass is 446 g/mol. The fourth-order valence-corrected chi connectivity index (χ4v) is 4.32. The van der Waals surface area contributed by atoms with Gasteiger partial charge in [0.1, 0.15) is 24.2 Å². The van der Waals surface area contributed by atoms with Crippen LogP contribution in [0.4, 0.5) is 0 Å². The molecule has 0 amide bonds. The van der Waals surface area contributed by atoms with Gasteiger partial charge >= 0.3 is 0 Å². The number of methoxy groups -OCH3 is 1. The predicted molar refractivity (Wildman–Crippen MR) is 132 cm³/mol. The summed E-state index contributed by atoms with van der Waals surface area (Å²) in [6, 6.07) is 24.8. The van der Waals surface area contributed by atoms with E-state index in [4.69, 9.17) is 9.47 Å². The van der Waals surface area contributed by atoms with Crippen molar-refractivity contribution in [2.75, 3.05) is 33.4 Å². The minimum Gasteiger partial charge on any atom is -0.497 e. The van der Waals surface area contributed by atoms with Gasteiger partial charge in [0.15, 0.2) is 0 Å². The molecule has 0 radical (unpaired) electrons. The number of hydrogen-bond donors (Lipinski definition) is 2. The van der Waals surface area contributed by atoms with Gasteiger partial charge in [0.25, 0.3) is 0 Å². The second-order valence-electron chi connectivity index (χ2n) is 8.60. The maximum absolute atomic E-state index is 10.6. The van der Waals surface area contributed by atoms with Gasteiger partial charge in [-0.3, -0.25) is 4.90 Å². The highest BCUT2D eigenvalue weighted by atomic mass is 16.5. The molecule has 174 valence electrons. The van der Waals surface area contributed by atoms with Gasteiger partial charge in [0, 0.05) is 31.7 Å². The molecule has 0 saturated heterocycles. The Hall–Kier alpha value is -2.86. The molecule has 1 heterocycles. The normalized spacial score (nSPS) is 14.5. The van der Waals surface area contributed by atoms with E-state index < -0.39 is 6.10 Å². The highest BCUT2D eigenvalue weighted by molar-refractivity contribution is 5.33. The Kier molecular flexibility index (Phi) is 8.36. The number of β-amino-alcohol motifs (C(OH)–C–C–N with tert-alkyl or cyclic N) is 1. The van der Waals surface area contributed by atoms with Crippen molar-refractivity contribution in [3.05, 3.63) is 95.1 Å². The number of aliphatic hydroxyl groups excluding tert-OH is 1. The minimum atomic E-state index is -0.524. The van der Waals surface area contributed by atoms with E-state index in [1.807, 2.05) is 30.3 Å². The zero-order valence-electron chi connectivity index (χ0n) is 19.4. The van der Waals surface area contributed by atoms with Gasteiger partial charge < -0.3 is 19.9 Å². The molecule has 4 rings (SSSR count). The highest BCUT2D eigenvalue weighted by Crippen LogP contribution is 2.20. The van der Waals surface area contributed by atoms with E-state index in [2.05, 4.69) is 52.7 Å². The van der Waals surface area contributed by atoms with Crippen LogP contribution in [0, 0.1) is 0 Å². The van der Waals surface area contributed by atoms with Gasteiger partial charge in [-0.15, -0.1) is 0 Å². The van der Waals surface area contributed by atoms with Crippen LogP contribution in [0.15, 0.2) is 72.8 Å². The number of nitrogens with zero attached hydrogens (tertiary/aromatic N) is 1. The average Bonchev–Trinajstić information content (AvgIpc) is 2.86. The number of aliphatic hydroxyl groups is 1. The lowest BCUT2D eigenvalue weighted by Gasteiger charge is -2.30. The second-order valence-corrected chi connectivity index (χ2v) is 8.60. The molecule has 1 atom stereocenters. The van der Waals surface area contributed by atoms with Crippen LogP contribution in [0.5, 0.6) is 11.5 Å². The first kappa shape index (κ1) is 23.3. The third kappa shape index (κ3) is 6.81. The zero-order chi connectivity index (χ0) is 22.9. The number of nitrogens with one attached hydrogen (secondary N) is 1. The molecule has 0 aliphatic carbocycles. The van der Waals surface area contributed by atoms with Gasteiger partial charge in [-0.1, -0.05) is 54.6 Å². The zero-order valence-corrected chi connectivity index (χ0v) is 19.4. The average molecular weight is 447 g/mol. The maximum Gasteiger partial charge on any atom is 0.123 e. The Morgan fingerprint density at radius 1 is 1.00 bits per heavy atom. The summed E-state index contributed by atoms with van der Waals surface area (Å²) >= 11 is 0. The summed E-state index contributed by atoms with van der Waals surface area (Å²) in [6.45, 7) is 4.36.